The van der Waals surface area contributed by atoms with Gasteiger partial charge in [0.2, 0.25) is 5.91 Å². The molecule has 0 aliphatic carbocycles. The van der Waals surface area contributed by atoms with Crippen molar-refractivity contribution in [1.82, 2.24) is 19.7 Å². The van der Waals surface area contributed by atoms with Crippen molar-refractivity contribution in [2.45, 2.75) is 18.8 Å². The fraction of sp³-hybridized carbons (Fsp3) is 0.435. The highest BCUT2D eigenvalue weighted by Crippen LogP contribution is 2.33. The summed E-state index contributed by atoms with van der Waals surface area (Å²) in [6.45, 7) is 4.60. The molecule has 0 unspecified atom stereocenters. The Bertz CT molecular complexity index is 1020. The molecule has 1 aromatic carbocycles. The van der Waals surface area contributed by atoms with Crippen molar-refractivity contribution < 1.29 is 14.0 Å². The number of hydrogen-bond acceptors (Lipinski definition) is 6. The summed E-state index contributed by atoms with van der Waals surface area (Å²) in [7, 11) is 0. The number of aromatic nitrogens is 1. The number of piperidine rings is 1. The highest BCUT2D eigenvalue weighted by molar-refractivity contribution is 7.18. The minimum absolute atomic E-state index is 0.0781. The van der Waals surface area contributed by atoms with Crippen molar-refractivity contribution in [1.29, 1.82) is 0 Å². The van der Waals surface area contributed by atoms with Crippen LogP contribution in [-0.2, 0) is 4.79 Å². The molecule has 3 aromatic rings. The molecule has 0 bridgehead atoms. The minimum Gasteiger partial charge on any atom is -0.459 e. The first-order valence-electron chi connectivity index (χ1n) is 10.9. The molecule has 8 heteroatoms. The van der Waals surface area contributed by atoms with Crippen molar-refractivity contribution in [3.8, 4) is 0 Å². The van der Waals surface area contributed by atoms with Gasteiger partial charge in [0, 0.05) is 45.2 Å². The molecule has 2 aliphatic heterocycles. The first kappa shape index (κ1) is 20.2. The zero-order chi connectivity index (χ0) is 21.2. The van der Waals surface area contributed by atoms with Crippen LogP contribution in [0, 0.1) is 0 Å². The Hall–Kier alpha value is -2.71. The average Bonchev–Trinajstić information content (AvgIpc) is 3.49. The summed E-state index contributed by atoms with van der Waals surface area (Å²) >= 11 is 1.75. The SMILES string of the molecule is O=C(CN1CCN(C(=O)c2ccco2)CC1)N1CCC[C@H](c2nc3ccccc3s2)C1. The van der Waals surface area contributed by atoms with Crippen LogP contribution in [0.15, 0.2) is 47.1 Å². The maximum atomic E-state index is 13.0. The van der Waals surface area contributed by atoms with Crippen LogP contribution in [0.5, 0.6) is 0 Å². The van der Waals surface area contributed by atoms with Crippen LogP contribution in [0.4, 0.5) is 0 Å². The van der Waals surface area contributed by atoms with Gasteiger partial charge in [-0.1, -0.05) is 12.1 Å². The molecule has 2 fully saturated rings. The van der Waals surface area contributed by atoms with E-state index in [-0.39, 0.29) is 11.8 Å². The summed E-state index contributed by atoms with van der Waals surface area (Å²) in [5, 5.41) is 1.14. The molecule has 31 heavy (non-hydrogen) atoms. The second-order valence-electron chi connectivity index (χ2n) is 8.24. The molecule has 2 saturated heterocycles. The number of carbonyl (C=O) groups excluding carboxylic acids is 2. The Balaban J connectivity index is 1.15. The normalized spacial score (nSPS) is 20.3. The lowest BCUT2D eigenvalue weighted by Crippen LogP contribution is -2.52. The Morgan fingerprint density at radius 3 is 2.65 bits per heavy atom. The fourth-order valence-electron chi connectivity index (χ4n) is 4.43. The summed E-state index contributed by atoms with van der Waals surface area (Å²) in [5.74, 6) is 0.791. The van der Waals surface area contributed by atoms with E-state index in [2.05, 4.69) is 17.0 Å². The molecule has 1 atom stereocenters. The molecule has 162 valence electrons. The quantitative estimate of drug-likeness (QED) is 0.626. The van der Waals surface area contributed by atoms with E-state index in [0.29, 0.717) is 44.4 Å². The molecule has 5 rings (SSSR count). The van der Waals surface area contributed by atoms with Crippen molar-refractivity contribution in [3.63, 3.8) is 0 Å². The summed E-state index contributed by atoms with van der Waals surface area (Å²) < 4.78 is 6.43. The predicted molar refractivity (Wildman–Crippen MR) is 119 cm³/mol. The largest absolute Gasteiger partial charge is 0.459 e. The number of likely N-dealkylation sites (tertiary alicyclic amines) is 1. The third-order valence-electron chi connectivity index (χ3n) is 6.18. The lowest BCUT2D eigenvalue weighted by molar-refractivity contribution is -0.134. The van der Waals surface area contributed by atoms with Crippen molar-refractivity contribution in [2.75, 3.05) is 45.8 Å². The number of furan rings is 1. The van der Waals surface area contributed by atoms with Gasteiger partial charge in [0.15, 0.2) is 5.76 Å². The van der Waals surface area contributed by atoms with Crippen LogP contribution in [-0.4, -0.2) is 77.3 Å². The monoisotopic (exact) mass is 438 g/mol. The van der Waals surface area contributed by atoms with Gasteiger partial charge in [-0.05, 0) is 37.1 Å². The highest BCUT2D eigenvalue weighted by Gasteiger charge is 2.29. The number of thiazole rings is 1. The van der Waals surface area contributed by atoms with Crippen molar-refractivity contribution >= 4 is 33.4 Å². The number of benzene rings is 1. The Labute approximate surface area is 185 Å². The highest BCUT2D eigenvalue weighted by atomic mass is 32.1. The summed E-state index contributed by atoms with van der Waals surface area (Å²) in [4.78, 5) is 36.2. The van der Waals surface area contributed by atoms with E-state index in [9.17, 15) is 9.59 Å². The number of carbonyl (C=O) groups is 2. The van der Waals surface area contributed by atoms with Gasteiger partial charge in [0.25, 0.3) is 5.91 Å². The average molecular weight is 439 g/mol. The number of hydrogen-bond donors (Lipinski definition) is 0. The van der Waals surface area contributed by atoms with E-state index in [1.54, 1.807) is 28.4 Å². The lowest BCUT2D eigenvalue weighted by atomic mass is 9.98. The van der Waals surface area contributed by atoms with Gasteiger partial charge in [-0.15, -0.1) is 11.3 Å². The van der Waals surface area contributed by atoms with E-state index in [1.807, 2.05) is 17.0 Å². The molecule has 0 N–H and O–H groups in total. The maximum absolute atomic E-state index is 13.0. The molecule has 2 aliphatic rings. The van der Waals surface area contributed by atoms with Gasteiger partial charge >= 0.3 is 0 Å². The van der Waals surface area contributed by atoms with Crippen LogP contribution in [0.25, 0.3) is 10.2 Å². The standard InChI is InChI=1S/C23H26N4O3S/c28-21(16-25-10-12-26(13-11-25)23(29)19-7-4-14-30-19)27-9-3-5-17(15-27)22-24-18-6-1-2-8-20(18)31-22/h1-2,4,6-8,14,17H,3,5,9-13,15-16H2/t17-/m0/s1. The van der Waals surface area contributed by atoms with E-state index < -0.39 is 0 Å². The molecule has 4 heterocycles. The first-order chi connectivity index (χ1) is 15.2. The molecular formula is C23H26N4O3S. The number of rotatable bonds is 4. The summed E-state index contributed by atoms with van der Waals surface area (Å²) in [5.41, 5.74) is 1.05. The molecule has 2 aromatic heterocycles. The van der Waals surface area contributed by atoms with Crippen LogP contribution < -0.4 is 0 Å². The van der Waals surface area contributed by atoms with Gasteiger partial charge < -0.3 is 14.2 Å². The van der Waals surface area contributed by atoms with Gasteiger partial charge in [-0.25, -0.2) is 4.98 Å². The molecule has 7 nitrogen and oxygen atoms in total. The smallest absolute Gasteiger partial charge is 0.289 e. The Morgan fingerprint density at radius 2 is 1.87 bits per heavy atom. The van der Waals surface area contributed by atoms with Crippen LogP contribution in [0.1, 0.15) is 34.3 Å². The topological polar surface area (TPSA) is 69.9 Å². The van der Waals surface area contributed by atoms with Gasteiger partial charge in [-0.2, -0.15) is 0 Å². The number of nitrogens with zero attached hydrogens (tertiary/aromatic N) is 4. The van der Waals surface area contributed by atoms with E-state index in [0.717, 1.165) is 36.5 Å². The van der Waals surface area contributed by atoms with E-state index >= 15 is 0 Å². The van der Waals surface area contributed by atoms with Crippen molar-refractivity contribution in [2.24, 2.45) is 0 Å². The summed E-state index contributed by atoms with van der Waals surface area (Å²) in [6.07, 6.45) is 3.61. The molecule has 2 amide bonds. The number of para-hydroxylation sites is 1. The van der Waals surface area contributed by atoms with Crippen LogP contribution in [0.3, 0.4) is 0 Å². The number of fused-ring (bicyclic) bond motifs is 1. The third-order valence-corrected chi connectivity index (χ3v) is 7.38. The second kappa shape index (κ2) is 8.80. The van der Waals surface area contributed by atoms with E-state index in [1.165, 1.54) is 11.0 Å². The van der Waals surface area contributed by atoms with Crippen LogP contribution in [0.2, 0.25) is 0 Å². The fourth-order valence-corrected chi connectivity index (χ4v) is 5.52. The molecular weight excluding hydrogens is 412 g/mol. The Kier molecular flexibility index (Phi) is 5.74. The third kappa shape index (κ3) is 4.36. The zero-order valence-electron chi connectivity index (χ0n) is 17.4. The lowest BCUT2D eigenvalue weighted by Gasteiger charge is -2.36. The Morgan fingerprint density at radius 1 is 1.03 bits per heavy atom. The van der Waals surface area contributed by atoms with E-state index in [4.69, 9.17) is 9.40 Å². The molecule has 0 radical (unpaired) electrons. The first-order valence-corrected chi connectivity index (χ1v) is 11.7. The predicted octanol–water partition coefficient (Wildman–Crippen LogP) is 3.05. The van der Waals surface area contributed by atoms with Gasteiger partial charge in [0.05, 0.1) is 28.0 Å². The number of piperazine rings is 1. The molecule has 0 saturated carbocycles. The zero-order valence-corrected chi connectivity index (χ0v) is 18.2. The minimum atomic E-state index is -0.0781. The number of amides is 2. The van der Waals surface area contributed by atoms with Gasteiger partial charge in [-0.3, -0.25) is 14.5 Å². The maximum Gasteiger partial charge on any atom is 0.289 e. The molecule has 0 spiro atoms. The van der Waals surface area contributed by atoms with Crippen LogP contribution >= 0.6 is 11.3 Å². The second-order valence-corrected chi connectivity index (χ2v) is 9.31. The van der Waals surface area contributed by atoms with Gasteiger partial charge in [0.1, 0.15) is 0 Å². The van der Waals surface area contributed by atoms with Crippen molar-refractivity contribution in [3.05, 3.63) is 53.4 Å². The summed E-state index contributed by atoms with van der Waals surface area (Å²) in [6, 6.07) is 11.6.